The number of carbonyl (C=O) groups excluding carboxylic acids is 3. The van der Waals surface area contributed by atoms with Crippen LogP contribution in [0.4, 0.5) is 10.5 Å². The smallest absolute Gasteiger partial charge is 0.294 e. The Morgan fingerprint density at radius 2 is 2.00 bits per heavy atom. The van der Waals surface area contributed by atoms with Crippen molar-refractivity contribution >= 4 is 63.2 Å². The first-order valence-electron chi connectivity index (χ1n) is 9.86. The van der Waals surface area contributed by atoms with Crippen molar-refractivity contribution in [2.24, 2.45) is 0 Å². The number of hydrogen-bond acceptors (Lipinski definition) is 6. The second kappa shape index (κ2) is 10.4. The van der Waals surface area contributed by atoms with E-state index in [9.17, 15) is 14.4 Å². The molecule has 1 aliphatic rings. The Hall–Kier alpha value is -2.53. The monoisotopic (exact) mass is 566 g/mol. The van der Waals surface area contributed by atoms with Gasteiger partial charge in [0.05, 0.1) is 22.2 Å². The van der Waals surface area contributed by atoms with E-state index in [2.05, 4.69) is 27.9 Å². The van der Waals surface area contributed by atoms with Crippen molar-refractivity contribution in [3.63, 3.8) is 0 Å². The third-order valence-corrected chi connectivity index (χ3v) is 6.60. The van der Waals surface area contributed by atoms with Crippen LogP contribution in [0.15, 0.2) is 35.2 Å². The average molecular weight is 566 g/mol. The second-order valence-corrected chi connectivity index (χ2v) is 9.19. The van der Waals surface area contributed by atoms with Crippen molar-refractivity contribution in [2.45, 2.75) is 20.8 Å². The van der Waals surface area contributed by atoms with Gasteiger partial charge in [0.25, 0.3) is 11.1 Å². The molecule has 0 atom stereocenters. The number of carbonyl (C=O) groups is 3. The summed E-state index contributed by atoms with van der Waals surface area (Å²) in [7, 11) is 1.56. The largest absolute Gasteiger partial charge is 0.492 e. The van der Waals surface area contributed by atoms with Crippen LogP contribution in [0.1, 0.15) is 23.6 Å². The van der Waals surface area contributed by atoms with Gasteiger partial charge in [-0.1, -0.05) is 12.1 Å². The van der Waals surface area contributed by atoms with Crippen LogP contribution >= 0.6 is 34.4 Å². The van der Waals surface area contributed by atoms with Gasteiger partial charge >= 0.3 is 0 Å². The predicted octanol–water partition coefficient (Wildman–Crippen LogP) is 4.99. The van der Waals surface area contributed by atoms with Crippen LogP contribution in [0.25, 0.3) is 6.08 Å². The van der Waals surface area contributed by atoms with E-state index in [0.717, 1.165) is 31.4 Å². The zero-order chi connectivity index (χ0) is 23.4. The van der Waals surface area contributed by atoms with Crippen molar-refractivity contribution in [3.8, 4) is 11.5 Å². The molecule has 1 heterocycles. The molecule has 2 aromatic rings. The molecule has 0 saturated carbocycles. The van der Waals surface area contributed by atoms with Crippen LogP contribution in [0.3, 0.4) is 0 Å². The molecule has 1 saturated heterocycles. The molecule has 7 nitrogen and oxygen atoms in total. The van der Waals surface area contributed by atoms with Crippen LogP contribution < -0.4 is 14.8 Å². The lowest BCUT2D eigenvalue weighted by Gasteiger charge is -2.14. The second-order valence-electron chi connectivity index (χ2n) is 7.03. The molecule has 1 N–H and O–H groups in total. The van der Waals surface area contributed by atoms with E-state index in [1.807, 2.05) is 39.0 Å². The summed E-state index contributed by atoms with van der Waals surface area (Å²) < 4.78 is 11.8. The molecular weight excluding hydrogens is 543 g/mol. The summed E-state index contributed by atoms with van der Waals surface area (Å²) in [5.74, 6) is 0.237. The number of nitrogens with zero attached hydrogens (tertiary/aromatic N) is 1. The molecule has 3 amide bonds. The number of thioether (sulfide) groups is 1. The Labute approximate surface area is 204 Å². The van der Waals surface area contributed by atoms with Gasteiger partial charge < -0.3 is 14.8 Å². The summed E-state index contributed by atoms with van der Waals surface area (Å²) in [6, 6.07) is 9.17. The van der Waals surface area contributed by atoms with Gasteiger partial charge in [-0.2, -0.15) is 0 Å². The highest BCUT2D eigenvalue weighted by Crippen LogP contribution is 2.37. The Morgan fingerprint density at radius 3 is 2.69 bits per heavy atom. The van der Waals surface area contributed by atoms with Crippen LogP contribution in [-0.4, -0.2) is 42.2 Å². The zero-order valence-electron chi connectivity index (χ0n) is 18.2. The highest BCUT2D eigenvalue weighted by atomic mass is 127. The van der Waals surface area contributed by atoms with Crippen LogP contribution in [-0.2, 0) is 9.59 Å². The van der Waals surface area contributed by atoms with Gasteiger partial charge in [-0.25, -0.2) is 0 Å². The molecular formula is C23H23IN2O5S. The van der Waals surface area contributed by atoms with Crippen molar-refractivity contribution in [1.82, 2.24) is 4.90 Å². The zero-order valence-corrected chi connectivity index (χ0v) is 21.1. The Morgan fingerprint density at radius 1 is 1.25 bits per heavy atom. The van der Waals surface area contributed by atoms with Crippen molar-refractivity contribution in [2.75, 3.05) is 25.6 Å². The summed E-state index contributed by atoms with van der Waals surface area (Å²) in [5.41, 5.74) is 3.34. The third-order valence-electron chi connectivity index (χ3n) is 4.89. The van der Waals surface area contributed by atoms with Crippen molar-refractivity contribution in [3.05, 3.63) is 55.5 Å². The number of hydrogen-bond donors (Lipinski definition) is 1. The number of ether oxygens (including phenoxy) is 2. The minimum Gasteiger partial charge on any atom is -0.492 e. The third kappa shape index (κ3) is 5.26. The maximum atomic E-state index is 12.8. The highest BCUT2D eigenvalue weighted by molar-refractivity contribution is 14.1. The van der Waals surface area contributed by atoms with E-state index in [1.165, 1.54) is 0 Å². The average Bonchev–Trinajstić information content (AvgIpc) is 2.99. The number of amides is 3. The fraction of sp³-hybridized carbons (Fsp3) is 0.261. The number of aryl methyl sites for hydroxylation is 1. The van der Waals surface area contributed by atoms with Gasteiger partial charge in [-0.05, 0) is 96.1 Å². The maximum Gasteiger partial charge on any atom is 0.294 e. The summed E-state index contributed by atoms with van der Waals surface area (Å²) in [5, 5.41) is 2.30. The number of methoxy groups -OCH3 is 1. The quantitative estimate of drug-likeness (QED) is 0.376. The summed E-state index contributed by atoms with van der Waals surface area (Å²) in [4.78, 5) is 39.0. The normalized spacial score (nSPS) is 14.8. The van der Waals surface area contributed by atoms with Crippen molar-refractivity contribution < 1.29 is 23.9 Å². The number of benzene rings is 2. The number of imide groups is 1. The van der Waals surface area contributed by atoms with E-state index < -0.39 is 17.1 Å². The Balaban J connectivity index is 1.78. The van der Waals surface area contributed by atoms with Crippen LogP contribution in [0.5, 0.6) is 11.5 Å². The van der Waals surface area contributed by atoms with Crippen LogP contribution in [0, 0.1) is 17.4 Å². The van der Waals surface area contributed by atoms with Gasteiger partial charge in [0.1, 0.15) is 6.54 Å². The minimum atomic E-state index is -0.500. The van der Waals surface area contributed by atoms with Gasteiger partial charge in [0.15, 0.2) is 11.5 Å². The van der Waals surface area contributed by atoms with E-state index in [-0.39, 0.29) is 11.4 Å². The molecule has 0 bridgehead atoms. The molecule has 2 aromatic carbocycles. The van der Waals surface area contributed by atoms with Gasteiger partial charge in [-0.15, -0.1) is 0 Å². The van der Waals surface area contributed by atoms with Crippen LogP contribution in [0.2, 0.25) is 0 Å². The topological polar surface area (TPSA) is 84.9 Å². The summed E-state index contributed by atoms with van der Waals surface area (Å²) in [6.07, 6.45) is 1.62. The van der Waals surface area contributed by atoms with E-state index >= 15 is 0 Å². The molecule has 0 aliphatic carbocycles. The van der Waals surface area contributed by atoms with E-state index in [4.69, 9.17) is 9.47 Å². The molecule has 0 radical (unpaired) electrons. The van der Waals surface area contributed by atoms with E-state index in [1.54, 1.807) is 25.3 Å². The number of halogens is 1. The maximum absolute atomic E-state index is 12.8. The molecule has 1 fully saturated rings. The SMILES string of the molecule is CCOc1cc(/C=C2/SC(=O)N(CC(=O)Nc3cccc(C)c3C)C2=O)cc(I)c1OC. The Bertz CT molecular complexity index is 1120. The predicted molar refractivity (Wildman–Crippen MR) is 134 cm³/mol. The first-order chi connectivity index (χ1) is 15.2. The van der Waals surface area contributed by atoms with Gasteiger partial charge in [0, 0.05) is 5.69 Å². The lowest BCUT2D eigenvalue weighted by molar-refractivity contribution is -0.127. The molecule has 0 aromatic heterocycles. The van der Waals surface area contributed by atoms with Gasteiger partial charge in [0.2, 0.25) is 5.91 Å². The molecule has 1 aliphatic heterocycles. The fourth-order valence-corrected chi connectivity index (χ4v) is 4.82. The highest BCUT2D eigenvalue weighted by Gasteiger charge is 2.36. The number of rotatable bonds is 7. The first kappa shape index (κ1) is 24.1. The lowest BCUT2D eigenvalue weighted by Crippen LogP contribution is -2.36. The molecule has 3 rings (SSSR count). The van der Waals surface area contributed by atoms with Crippen molar-refractivity contribution in [1.29, 1.82) is 0 Å². The molecule has 0 spiro atoms. The standard InChI is InChI=1S/C23H23IN2O5S/c1-5-31-18-10-15(9-16(24)21(18)30-4)11-19-22(28)26(23(29)32-19)12-20(27)25-17-8-6-7-13(2)14(17)3/h6-11H,5,12H2,1-4H3,(H,25,27)/b19-11+. The fourth-order valence-electron chi connectivity index (χ4n) is 3.14. The lowest BCUT2D eigenvalue weighted by atomic mass is 10.1. The number of anilines is 1. The molecule has 168 valence electrons. The summed E-state index contributed by atoms with van der Waals surface area (Å²) >= 11 is 2.94. The summed E-state index contributed by atoms with van der Waals surface area (Å²) in [6.45, 7) is 5.83. The Kier molecular flexibility index (Phi) is 7.83. The minimum absolute atomic E-state index is 0.248. The molecule has 9 heteroatoms. The molecule has 32 heavy (non-hydrogen) atoms. The van der Waals surface area contributed by atoms with Gasteiger partial charge in [-0.3, -0.25) is 19.3 Å². The van der Waals surface area contributed by atoms with E-state index in [0.29, 0.717) is 29.4 Å². The first-order valence-corrected chi connectivity index (χ1v) is 11.8. The molecule has 0 unspecified atom stereocenters. The number of nitrogens with one attached hydrogen (secondary N) is 1.